The third-order valence-corrected chi connectivity index (χ3v) is 0.904. The first kappa shape index (κ1) is 8.81. The van der Waals surface area contributed by atoms with Crippen molar-refractivity contribution >= 4 is 6.47 Å². The maximum atomic E-state index is 9.65. The Labute approximate surface area is 58.8 Å². The van der Waals surface area contributed by atoms with Gasteiger partial charge in [-0.25, -0.2) is 0 Å². The Kier molecular flexibility index (Phi) is 5.23. The Morgan fingerprint density at radius 3 is 2.90 bits per heavy atom. The first-order valence-electron chi connectivity index (χ1n) is 2.86. The van der Waals surface area contributed by atoms with E-state index in [2.05, 4.69) is 9.91 Å². The van der Waals surface area contributed by atoms with E-state index < -0.39 is 0 Å². The molecule has 0 aromatic rings. The lowest BCUT2D eigenvalue weighted by molar-refractivity contribution is -0.123. The van der Waals surface area contributed by atoms with Crippen LogP contribution in [-0.2, 0) is 9.53 Å². The van der Waals surface area contributed by atoms with Crippen LogP contribution in [-0.4, -0.2) is 13.0 Å². The molecule has 0 aliphatic rings. The molecule has 0 spiro atoms. The van der Waals surface area contributed by atoms with Gasteiger partial charge in [0.2, 0.25) is 0 Å². The lowest BCUT2D eigenvalue weighted by Crippen LogP contribution is -1.93. The maximum absolute atomic E-state index is 9.65. The van der Waals surface area contributed by atoms with Crippen LogP contribution in [0.3, 0.4) is 0 Å². The number of hydrogen-bond acceptors (Lipinski definition) is 4. The van der Waals surface area contributed by atoms with Gasteiger partial charge >= 0.3 is 0 Å². The highest BCUT2D eigenvalue weighted by atomic mass is 16.5. The molecule has 0 aromatic heterocycles. The van der Waals surface area contributed by atoms with Crippen molar-refractivity contribution in [2.24, 2.45) is 11.1 Å². The summed E-state index contributed by atoms with van der Waals surface area (Å²) in [5.74, 6) is 0.0254. The van der Waals surface area contributed by atoms with Crippen molar-refractivity contribution in [3.63, 3.8) is 0 Å². The van der Waals surface area contributed by atoms with Crippen molar-refractivity contribution < 1.29 is 9.53 Å². The molecule has 0 aromatic carbocycles. The van der Waals surface area contributed by atoms with Crippen LogP contribution in [0.2, 0.25) is 0 Å². The highest BCUT2D eigenvalue weighted by molar-refractivity contribution is 5.38. The minimum atomic E-state index is 0.0254. The molecular weight excluding hydrogens is 134 g/mol. The summed E-state index contributed by atoms with van der Waals surface area (Å²) in [5, 5.41) is 2.67. The molecule has 4 heteroatoms. The molecule has 56 valence electrons. The van der Waals surface area contributed by atoms with Gasteiger partial charge in [-0.3, -0.25) is 4.79 Å². The quantitative estimate of drug-likeness (QED) is 0.328. The van der Waals surface area contributed by atoms with Gasteiger partial charge in [0.25, 0.3) is 6.47 Å². The number of nitroso groups, excluding NO2 is 1. The topological polar surface area (TPSA) is 55.7 Å². The van der Waals surface area contributed by atoms with E-state index in [0.717, 1.165) is 0 Å². The van der Waals surface area contributed by atoms with E-state index >= 15 is 0 Å². The molecule has 0 saturated heterocycles. The molecule has 10 heavy (non-hydrogen) atoms. The second kappa shape index (κ2) is 5.94. The summed E-state index contributed by atoms with van der Waals surface area (Å²) in [5.41, 5.74) is 0. The molecule has 0 saturated carbocycles. The Balaban J connectivity index is 3.43. The van der Waals surface area contributed by atoms with Crippen molar-refractivity contribution in [2.75, 3.05) is 6.54 Å². The zero-order valence-corrected chi connectivity index (χ0v) is 5.69. The molecule has 0 bridgehead atoms. The molecule has 0 rings (SSSR count). The van der Waals surface area contributed by atoms with Gasteiger partial charge in [-0.1, -0.05) is 12.1 Å². The smallest absolute Gasteiger partial charge is 0.297 e. The Hall–Kier alpha value is -1.19. The van der Waals surface area contributed by atoms with Gasteiger partial charge in [0.05, 0.1) is 12.8 Å². The van der Waals surface area contributed by atoms with Crippen molar-refractivity contribution in [1.29, 1.82) is 0 Å². The van der Waals surface area contributed by atoms with E-state index in [4.69, 9.17) is 0 Å². The normalized spacial score (nSPS) is 12.9. The molecule has 0 N–H and O–H groups in total. The molecule has 0 amide bonds. The fraction of sp³-hybridized carbons (Fsp3) is 0.500. The molecule has 0 aliphatic carbocycles. The summed E-state index contributed by atoms with van der Waals surface area (Å²) in [4.78, 5) is 19.2. The molecule has 1 unspecified atom stereocenters. The van der Waals surface area contributed by atoms with Crippen LogP contribution in [0, 0.1) is 10.8 Å². The van der Waals surface area contributed by atoms with Crippen LogP contribution in [0.5, 0.6) is 0 Å². The van der Waals surface area contributed by atoms with E-state index in [9.17, 15) is 9.70 Å². The van der Waals surface area contributed by atoms with E-state index in [1.165, 1.54) is 6.26 Å². The summed E-state index contributed by atoms with van der Waals surface area (Å²) in [7, 11) is 0. The summed E-state index contributed by atoms with van der Waals surface area (Å²) >= 11 is 0. The van der Waals surface area contributed by atoms with Gasteiger partial charge < -0.3 is 4.74 Å². The molecule has 0 fully saturated rings. The van der Waals surface area contributed by atoms with E-state index in [-0.39, 0.29) is 12.5 Å². The zero-order chi connectivity index (χ0) is 7.82. The lowest BCUT2D eigenvalue weighted by atomic mass is 10.2. The molecule has 4 nitrogen and oxygen atoms in total. The Morgan fingerprint density at radius 1 is 1.70 bits per heavy atom. The van der Waals surface area contributed by atoms with Crippen molar-refractivity contribution in [1.82, 2.24) is 0 Å². The Morgan fingerprint density at radius 2 is 2.40 bits per heavy atom. The average Bonchev–Trinajstić information content (AvgIpc) is 1.89. The highest BCUT2D eigenvalue weighted by Crippen LogP contribution is 1.96. The standard InChI is InChI=1S/C6H9NO3/c1-6(4-7-9)2-3-10-5-8/h2-3,5-6H,4H2,1H3. The summed E-state index contributed by atoms with van der Waals surface area (Å²) in [6.07, 6.45) is 2.83. The third-order valence-electron chi connectivity index (χ3n) is 0.904. The molecule has 0 aliphatic heterocycles. The van der Waals surface area contributed by atoms with Crippen molar-refractivity contribution in [3.8, 4) is 0 Å². The van der Waals surface area contributed by atoms with Gasteiger partial charge in [0.1, 0.15) is 0 Å². The van der Waals surface area contributed by atoms with Gasteiger partial charge in [-0.2, -0.15) is 4.91 Å². The van der Waals surface area contributed by atoms with Crippen LogP contribution < -0.4 is 0 Å². The monoisotopic (exact) mass is 143 g/mol. The second-order valence-corrected chi connectivity index (χ2v) is 1.85. The summed E-state index contributed by atoms with van der Waals surface area (Å²) < 4.78 is 4.25. The van der Waals surface area contributed by atoms with Gasteiger partial charge in [-0.15, -0.1) is 0 Å². The SMILES string of the molecule is CC(C=COC=O)CN=O. The third kappa shape index (κ3) is 4.96. The summed E-state index contributed by atoms with van der Waals surface area (Å²) in [6.45, 7) is 2.32. The number of carbonyl (C=O) groups is 1. The van der Waals surface area contributed by atoms with Crippen LogP contribution >= 0.6 is 0 Å². The molecular formula is C6H9NO3. The maximum Gasteiger partial charge on any atom is 0.297 e. The Bertz CT molecular complexity index is 133. The van der Waals surface area contributed by atoms with E-state index in [0.29, 0.717) is 6.47 Å². The summed E-state index contributed by atoms with van der Waals surface area (Å²) in [6, 6.07) is 0. The van der Waals surface area contributed by atoms with Crippen molar-refractivity contribution in [2.45, 2.75) is 6.92 Å². The van der Waals surface area contributed by atoms with Crippen LogP contribution in [0.25, 0.3) is 0 Å². The predicted octanol–water partition coefficient (Wildman–Crippen LogP) is 1.08. The first-order valence-corrected chi connectivity index (χ1v) is 2.86. The second-order valence-electron chi connectivity index (χ2n) is 1.85. The fourth-order valence-corrected chi connectivity index (χ4v) is 0.390. The average molecular weight is 143 g/mol. The van der Waals surface area contributed by atoms with E-state index in [1.54, 1.807) is 13.0 Å². The first-order chi connectivity index (χ1) is 4.81. The highest BCUT2D eigenvalue weighted by Gasteiger charge is 1.93. The van der Waals surface area contributed by atoms with E-state index in [1.807, 2.05) is 0 Å². The van der Waals surface area contributed by atoms with Crippen molar-refractivity contribution in [3.05, 3.63) is 17.2 Å². The predicted molar refractivity (Wildman–Crippen MR) is 36.1 cm³/mol. The largest absolute Gasteiger partial charge is 0.437 e. The van der Waals surface area contributed by atoms with Gasteiger partial charge in [0.15, 0.2) is 0 Å². The van der Waals surface area contributed by atoms with Crippen LogP contribution in [0.15, 0.2) is 17.5 Å². The fourth-order valence-electron chi connectivity index (χ4n) is 0.390. The van der Waals surface area contributed by atoms with Gasteiger partial charge in [0, 0.05) is 5.92 Å². The number of carbonyl (C=O) groups excluding carboxylic acids is 1. The number of rotatable bonds is 5. The molecule has 0 radical (unpaired) electrons. The molecule has 1 atom stereocenters. The minimum Gasteiger partial charge on any atom is -0.437 e. The zero-order valence-electron chi connectivity index (χ0n) is 5.69. The number of ether oxygens (including phenoxy) is 1. The number of hydrogen-bond donors (Lipinski definition) is 0. The minimum absolute atomic E-state index is 0.0254. The van der Waals surface area contributed by atoms with Crippen LogP contribution in [0.1, 0.15) is 6.92 Å². The lowest BCUT2D eigenvalue weighted by Gasteiger charge is -1.94. The van der Waals surface area contributed by atoms with Crippen LogP contribution in [0.4, 0.5) is 0 Å². The molecule has 0 heterocycles. The van der Waals surface area contributed by atoms with Gasteiger partial charge in [-0.05, 0) is 6.08 Å². The number of nitrogens with zero attached hydrogens (tertiary/aromatic N) is 1.